The number of Topliss-reactive ketones (excluding diaryl/α,β-unsaturated/α-hetero) is 1. The Balaban J connectivity index is 1.96. The Hall–Kier alpha value is -1.32. The molecular weight excluding hydrogens is 266 g/mol. The van der Waals surface area contributed by atoms with E-state index in [4.69, 9.17) is 11.6 Å². The molecule has 1 aromatic heterocycles. The zero-order valence-corrected chi connectivity index (χ0v) is 11.6. The molecule has 0 unspecified atom stereocenters. The van der Waals surface area contributed by atoms with Crippen LogP contribution in [0.25, 0.3) is 0 Å². The maximum absolute atomic E-state index is 11.5. The number of carbonyl (C=O) groups excluding carboxylic acids is 1. The van der Waals surface area contributed by atoms with Crippen LogP contribution in [-0.4, -0.2) is 5.78 Å². The van der Waals surface area contributed by atoms with Gasteiger partial charge in [-0.1, -0.05) is 18.5 Å². The van der Waals surface area contributed by atoms with Crippen LogP contribution in [0.4, 0.5) is 5.69 Å². The molecule has 0 spiro atoms. The number of hydrogen-bond acceptors (Lipinski definition) is 3. The molecule has 2 aromatic rings. The van der Waals surface area contributed by atoms with Gasteiger partial charge in [-0.2, -0.15) is 0 Å². The summed E-state index contributed by atoms with van der Waals surface area (Å²) in [4.78, 5) is 12.7. The maximum atomic E-state index is 11.5. The van der Waals surface area contributed by atoms with Crippen LogP contribution in [-0.2, 0) is 6.54 Å². The average Bonchev–Trinajstić information content (AvgIpc) is 2.82. The molecule has 0 amide bonds. The molecule has 0 atom stereocenters. The minimum absolute atomic E-state index is 0.173. The Labute approximate surface area is 116 Å². The van der Waals surface area contributed by atoms with E-state index in [0.29, 0.717) is 6.42 Å². The van der Waals surface area contributed by atoms with Crippen LogP contribution in [0.3, 0.4) is 0 Å². The van der Waals surface area contributed by atoms with E-state index in [-0.39, 0.29) is 5.78 Å². The molecule has 1 N–H and O–H groups in total. The number of halogens is 1. The highest BCUT2D eigenvalue weighted by atomic mass is 35.5. The van der Waals surface area contributed by atoms with Crippen molar-refractivity contribution in [2.45, 2.75) is 19.9 Å². The molecule has 0 aliphatic rings. The van der Waals surface area contributed by atoms with Gasteiger partial charge in [0.1, 0.15) is 0 Å². The van der Waals surface area contributed by atoms with Crippen LogP contribution >= 0.6 is 22.9 Å². The van der Waals surface area contributed by atoms with E-state index in [1.165, 1.54) is 4.88 Å². The van der Waals surface area contributed by atoms with Crippen molar-refractivity contribution in [2.24, 2.45) is 0 Å². The summed E-state index contributed by atoms with van der Waals surface area (Å²) in [5.41, 5.74) is 1.77. The fraction of sp³-hybridized carbons (Fsp3) is 0.214. The minimum Gasteiger partial charge on any atom is -0.380 e. The van der Waals surface area contributed by atoms with Crippen LogP contribution in [0.15, 0.2) is 36.4 Å². The van der Waals surface area contributed by atoms with Crippen LogP contribution in [0.5, 0.6) is 0 Å². The summed E-state index contributed by atoms with van der Waals surface area (Å²) in [7, 11) is 0. The van der Waals surface area contributed by atoms with Crippen molar-refractivity contribution in [1.82, 2.24) is 0 Å². The first-order chi connectivity index (χ1) is 8.69. The summed E-state index contributed by atoms with van der Waals surface area (Å²) >= 11 is 7.43. The molecule has 2 nitrogen and oxygen atoms in total. The lowest BCUT2D eigenvalue weighted by atomic mass is 10.1. The van der Waals surface area contributed by atoms with Gasteiger partial charge in [0.15, 0.2) is 5.78 Å². The van der Waals surface area contributed by atoms with Gasteiger partial charge in [0, 0.05) is 29.1 Å². The second kappa shape index (κ2) is 6.03. The van der Waals surface area contributed by atoms with Gasteiger partial charge in [-0.05, 0) is 36.4 Å². The van der Waals surface area contributed by atoms with Crippen LogP contribution in [0.1, 0.15) is 28.6 Å². The van der Waals surface area contributed by atoms with E-state index in [2.05, 4.69) is 5.32 Å². The van der Waals surface area contributed by atoms with Crippen molar-refractivity contribution < 1.29 is 4.79 Å². The van der Waals surface area contributed by atoms with Crippen LogP contribution < -0.4 is 5.32 Å². The molecule has 94 valence electrons. The summed E-state index contributed by atoms with van der Waals surface area (Å²) in [6.07, 6.45) is 0.542. The predicted molar refractivity (Wildman–Crippen MR) is 77.7 cm³/mol. The summed E-state index contributed by atoms with van der Waals surface area (Å²) in [5.74, 6) is 0.173. The highest BCUT2D eigenvalue weighted by Gasteiger charge is 2.02. The lowest BCUT2D eigenvalue weighted by Crippen LogP contribution is -1.99. The number of hydrogen-bond donors (Lipinski definition) is 1. The molecule has 0 saturated heterocycles. The minimum atomic E-state index is 0.173. The van der Waals surface area contributed by atoms with Gasteiger partial charge in [0.25, 0.3) is 0 Å². The Morgan fingerprint density at radius 1 is 1.22 bits per heavy atom. The highest BCUT2D eigenvalue weighted by Crippen LogP contribution is 2.22. The second-order valence-corrected chi connectivity index (χ2v) is 5.71. The van der Waals surface area contributed by atoms with Crippen molar-refractivity contribution in [2.75, 3.05) is 5.32 Å². The van der Waals surface area contributed by atoms with E-state index in [0.717, 1.165) is 22.1 Å². The standard InChI is InChI=1S/C14H14ClNOS/c1-2-13(17)10-3-5-11(6-4-10)16-9-12-7-8-14(15)18-12/h3-8,16H,2,9H2,1H3. The smallest absolute Gasteiger partial charge is 0.162 e. The lowest BCUT2D eigenvalue weighted by molar-refractivity contribution is 0.0988. The molecular formula is C14H14ClNOS. The quantitative estimate of drug-likeness (QED) is 0.810. The second-order valence-electron chi connectivity index (χ2n) is 3.91. The van der Waals surface area contributed by atoms with Crippen LogP contribution in [0.2, 0.25) is 4.34 Å². The molecule has 0 radical (unpaired) electrons. The van der Waals surface area contributed by atoms with Gasteiger partial charge in [0.2, 0.25) is 0 Å². The summed E-state index contributed by atoms with van der Waals surface area (Å²) in [6, 6.07) is 11.5. The number of ketones is 1. The van der Waals surface area contributed by atoms with Crippen molar-refractivity contribution in [1.29, 1.82) is 0 Å². The normalized spacial score (nSPS) is 10.3. The molecule has 2 rings (SSSR count). The summed E-state index contributed by atoms with van der Waals surface area (Å²) in [6.45, 7) is 2.62. The number of carbonyl (C=O) groups is 1. The molecule has 0 aliphatic heterocycles. The van der Waals surface area contributed by atoms with Gasteiger partial charge in [0.05, 0.1) is 4.34 Å². The molecule has 0 aliphatic carbocycles. The number of benzene rings is 1. The van der Waals surface area contributed by atoms with Crippen molar-refractivity contribution in [3.63, 3.8) is 0 Å². The van der Waals surface area contributed by atoms with Gasteiger partial charge >= 0.3 is 0 Å². The maximum Gasteiger partial charge on any atom is 0.162 e. The lowest BCUT2D eigenvalue weighted by Gasteiger charge is -2.05. The Bertz CT molecular complexity index is 533. The van der Waals surface area contributed by atoms with E-state index >= 15 is 0 Å². The van der Waals surface area contributed by atoms with E-state index in [9.17, 15) is 4.79 Å². The third-order valence-corrected chi connectivity index (χ3v) is 3.85. The van der Waals surface area contributed by atoms with Crippen LogP contribution in [0, 0.1) is 0 Å². The molecule has 0 fully saturated rings. The van der Waals surface area contributed by atoms with Crippen molar-refractivity contribution >= 4 is 34.4 Å². The zero-order valence-electron chi connectivity index (χ0n) is 10.1. The average molecular weight is 280 g/mol. The van der Waals surface area contributed by atoms with Gasteiger partial charge < -0.3 is 5.32 Å². The third-order valence-electron chi connectivity index (χ3n) is 2.62. The van der Waals surface area contributed by atoms with E-state index < -0.39 is 0 Å². The van der Waals surface area contributed by atoms with Gasteiger partial charge in [-0.3, -0.25) is 4.79 Å². The molecule has 18 heavy (non-hydrogen) atoms. The largest absolute Gasteiger partial charge is 0.380 e. The first-order valence-electron chi connectivity index (χ1n) is 5.80. The van der Waals surface area contributed by atoms with E-state index in [1.54, 1.807) is 11.3 Å². The summed E-state index contributed by atoms with van der Waals surface area (Å²) < 4.78 is 0.802. The Morgan fingerprint density at radius 3 is 2.50 bits per heavy atom. The molecule has 1 heterocycles. The Morgan fingerprint density at radius 2 is 1.94 bits per heavy atom. The monoisotopic (exact) mass is 279 g/mol. The number of nitrogens with one attached hydrogen (secondary N) is 1. The van der Waals surface area contributed by atoms with Crippen molar-refractivity contribution in [3.05, 3.63) is 51.2 Å². The SMILES string of the molecule is CCC(=O)c1ccc(NCc2ccc(Cl)s2)cc1. The molecule has 1 aromatic carbocycles. The third kappa shape index (κ3) is 3.34. The number of thiophene rings is 1. The Kier molecular flexibility index (Phi) is 4.39. The zero-order chi connectivity index (χ0) is 13.0. The van der Waals surface area contributed by atoms with E-state index in [1.807, 2.05) is 43.3 Å². The molecule has 4 heteroatoms. The molecule has 0 saturated carbocycles. The fourth-order valence-electron chi connectivity index (χ4n) is 1.61. The first-order valence-corrected chi connectivity index (χ1v) is 7.00. The predicted octanol–water partition coefficient (Wildman–Crippen LogP) is 4.61. The van der Waals surface area contributed by atoms with Gasteiger partial charge in [-0.15, -0.1) is 11.3 Å². The fourth-order valence-corrected chi connectivity index (χ4v) is 2.64. The van der Waals surface area contributed by atoms with Crippen molar-refractivity contribution in [3.8, 4) is 0 Å². The topological polar surface area (TPSA) is 29.1 Å². The molecule has 0 bridgehead atoms. The first kappa shape index (κ1) is 13.1. The number of rotatable bonds is 5. The summed E-state index contributed by atoms with van der Waals surface area (Å²) in [5, 5.41) is 3.30. The highest BCUT2D eigenvalue weighted by molar-refractivity contribution is 7.16. The number of anilines is 1. The van der Waals surface area contributed by atoms with Gasteiger partial charge in [-0.25, -0.2) is 0 Å².